The van der Waals surface area contributed by atoms with Crippen LogP contribution >= 0.6 is 11.6 Å². The second-order valence-corrected chi connectivity index (χ2v) is 4.80. The lowest BCUT2D eigenvalue weighted by molar-refractivity contribution is -0.119. The maximum atomic E-state index is 11.9. The quantitative estimate of drug-likeness (QED) is 0.742. The van der Waals surface area contributed by atoms with Gasteiger partial charge in [-0.1, -0.05) is 17.7 Å². The van der Waals surface area contributed by atoms with Gasteiger partial charge in [0.25, 0.3) is 0 Å². The van der Waals surface area contributed by atoms with Crippen LogP contribution < -0.4 is 10.2 Å². The SMILES string of the molecule is O=C1CNCC2CCc3ccc(Cl)cc3N12. The van der Waals surface area contributed by atoms with Crippen LogP contribution in [0.15, 0.2) is 18.2 Å². The Morgan fingerprint density at radius 1 is 1.44 bits per heavy atom. The van der Waals surface area contributed by atoms with E-state index < -0.39 is 0 Å². The summed E-state index contributed by atoms with van der Waals surface area (Å²) in [7, 11) is 0. The average molecular weight is 237 g/mol. The Morgan fingerprint density at radius 2 is 2.31 bits per heavy atom. The van der Waals surface area contributed by atoms with Crippen LogP contribution in [-0.4, -0.2) is 25.0 Å². The maximum Gasteiger partial charge on any atom is 0.241 e. The summed E-state index contributed by atoms with van der Waals surface area (Å²) >= 11 is 6.00. The maximum absolute atomic E-state index is 11.9. The molecule has 1 N–H and O–H groups in total. The van der Waals surface area contributed by atoms with Crippen LogP contribution in [0.25, 0.3) is 0 Å². The fourth-order valence-corrected chi connectivity index (χ4v) is 2.75. The molecule has 2 aliphatic rings. The van der Waals surface area contributed by atoms with Gasteiger partial charge in [-0.05, 0) is 30.5 Å². The number of rotatable bonds is 0. The van der Waals surface area contributed by atoms with Crippen LogP contribution in [0, 0.1) is 0 Å². The summed E-state index contributed by atoms with van der Waals surface area (Å²) in [5, 5.41) is 3.85. The van der Waals surface area contributed by atoms with E-state index in [0.29, 0.717) is 17.6 Å². The van der Waals surface area contributed by atoms with Gasteiger partial charge in [0.2, 0.25) is 5.91 Å². The third kappa shape index (κ3) is 1.51. The number of nitrogens with zero attached hydrogens (tertiary/aromatic N) is 1. The number of carbonyl (C=O) groups excluding carboxylic acids is 1. The molecule has 2 aliphatic heterocycles. The Hall–Kier alpha value is -1.06. The molecule has 0 spiro atoms. The van der Waals surface area contributed by atoms with Crippen molar-refractivity contribution in [3.05, 3.63) is 28.8 Å². The number of fused-ring (bicyclic) bond motifs is 3. The Kier molecular flexibility index (Phi) is 2.37. The van der Waals surface area contributed by atoms with Gasteiger partial charge in [0, 0.05) is 23.3 Å². The van der Waals surface area contributed by atoms with Gasteiger partial charge >= 0.3 is 0 Å². The van der Waals surface area contributed by atoms with Gasteiger partial charge in [0.15, 0.2) is 0 Å². The molecule has 1 aromatic carbocycles. The monoisotopic (exact) mass is 236 g/mol. The summed E-state index contributed by atoms with van der Waals surface area (Å²) in [6.07, 6.45) is 2.07. The van der Waals surface area contributed by atoms with Crippen molar-refractivity contribution in [3.8, 4) is 0 Å². The summed E-state index contributed by atoms with van der Waals surface area (Å²) in [6.45, 7) is 1.32. The molecule has 2 heterocycles. The molecule has 1 aromatic rings. The molecule has 4 heteroatoms. The average Bonchev–Trinajstić information content (AvgIpc) is 2.28. The van der Waals surface area contributed by atoms with Crippen molar-refractivity contribution in [1.29, 1.82) is 0 Å². The fourth-order valence-electron chi connectivity index (χ4n) is 2.58. The predicted octanol–water partition coefficient (Wildman–Crippen LogP) is 1.59. The molecule has 1 unspecified atom stereocenters. The zero-order valence-electron chi connectivity index (χ0n) is 8.87. The molecule has 0 bridgehead atoms. The molecule has 3 nitrogen and oxygen atoms in total. The van der Waals surface area contributed by atoms with E-state index in [9.17, 15) is 4.79 Å². The number of aryl methyl sites for hydroxylation is 1. The van der Waals surface area contributed by atoms with Crippen molar-refractivity contribution in [2.75, 3.05) is 18.0 Å². The summed E-state index contributed by atoms with van der Waals surface area (Å²) in [4.78, 5) is 13.8. The van der Waals surface area contributed by atoms with Crippen molar-refractivity contribution in [3.63, 3.8) is 0 Å². The van der Waals surface area contributed by atoms with E-state index in [1.54, 1.807) is 0 Å². The molecule has 3 rings (SSSR count). The number of hydrogen-bond acceptors (Lipinski definition) is 2. The third-order valence-corrected chi connectivity index (χ3v) is 3.58. The summed E-state index contributed by atoms with van der Waals surface area (Å²) < 4.78 is 0. The molecular weight excluding hydrogens is 224 g/mol. The van der Waals surface area contributed by atoms with Gasteiger partial charge in [0.05, 0.1) is 6.54 Å². The zero-order chi connectivity index (χ0) is 11.1. The highest BCUT2D eigenvalue weighted by atomic mass is 35.5. The van der Waals surface area contributed by atoms with Gasteiger partial charge in [-0.2, -0.15) is 0 Å². The highest BCUT2D eigenvalue weighted by Gasteiger charge is 2.33. The third-order valence-electron chi connectivity index (χ3n) is 3.34. The topological polar surface area (TPSA) is 32.3 Å². The number of piperazine rings is 1. The minimum Gasteiger partial charge on any atom is -0.307 e. The van der Waals surface area contributed by atoms with Crippen LogP contribution in [0.4, 0.5) is 5.69 Å². The minimum atomic E-state index is 0.152. The lowest BCUT2D eigenvalue weighted by Crippen LogP contribution is -2.56. The Labute approximate surface area is 99.4 Å². The highest BCUT2D eigenvalue weighted by Crippen LogP contribution is 2.33. The number of anilines is 1. The Balaban J connectivity index is 2.08. The molecular formula is C12H13ClN2O. The van der Waals surface area contributed by atoms with Crippen molar-refractivity contribution in [2.24, 2.45) is 0 Å². The van der Waals surface area contributed by atoms with E-state index in [0.717, 1.165) is 25.1 Å². The molecule has 0 radical (unpaired) electrons. The zero-order valence-corrected chi connectivity index (χ0v) is 9.63. The van der Waals surface area contributed by atoms with E-state index in [2.05, 4.69) is 5.32 Å². The van der Waals surface area contributed by atoms with Crippen LogP contribution in [0.2, 0.25) is 5.02 Å². The van der Waals surface area contributed by atoms with Gasteiger partial charge in [-0.25, -0.2) is 0 Å². The first-order valence-corrected chi connectivity index (χ1v) is 5.95. The van der Waals surface area contributed by atoms with Gasteiger partial charge in [-0.15, -0.1) is 0 Å². The van der Waals surface area contributed by atoms with Gasteiger partial charge in [-0.3, -0.25) is 4.79 Å². The van der Waals surface area contributed by atoms with Gasteiger partial charge < -0.3 is 10.2 Å². The smallest absolute Gasteiger partial charge is 0.241 e. The van der Waals surface area contributed by atoms with E-state index in [1.807, 2.05) is 23.1 Å². The van der Waals surface area contributed by atoms with Crippen molar-refractivity contribution in [1.82, 2.24) is 5.32 Å². The minimum absolute atomic E-state index is 0.152. The van der Waals surface area contributed by atoms with Crippen LogP contribution in [0.1, 0.15) is 12.0 Å². The second-order valence-electron chi connectivity index (χ2n) is 4.36. The van der Waals surface area contributed by atoms with E-state index >= 15 is 0 Å². The Bertz CT molecular complexity index is 447. The first-order valence-electron chi connectivity index (χ1n) is 5.57. The first-order chi connectivity index (χ1) is 7.75. The standard InChI is InChI=1S/C12H13ClN2O/c13-9-3-1-8-2-4-10-6-14-7-12(16)15(10)11(8)5-9/h1,3,5,10,14H,2,4,6-7H2. The van der Waals surface area contributed by atoms with Crippen molar-refractivity contribution >= 4 is 23.2 Å². The molecule has 1 atom stereocenters. The molecule has 0 aliphatic carbocycles. The van der Waals surface area contributed by atoms with Gasteiger partial charge in [0.1, 0.15) is 0 Å². The number of benzene rings is 1. The number of nitrogens with one attached hydrogen (secondary N) is 1. The fraction of sp³-hybridized carbons (Fsp3) is 0.417. The molecule has 0 saturated carbocycles. The Morgan fingerprint density at radius 3 is 3.19 bits per heavy atom. The van der Waals surface area contributed by atoms with E-state index in [-0.39, 0.29) is 5.91 Å². The highest BCUT2D eigenvalue weighted by molar-refractivity contribution is 6.31. The normalized spacial score (nSPS) is 23.9. The number of amides is 1. The van der Waals surface area contributed by atoms with Crippen LogP contribution in [-0.2, 0) is 11.2 Å². The molecule has 1 fully saturated rings. The summed E-state index contributed by atoms with van der Waals surface area (Å²) in [5.74, 6) is 0.152. The largest absolute Gasteiger partial charge is 0.307 e. The molecule has 84 valence electrons. The summed E-state index contributed by atoms with van der Waals surface area (Å²) in [6, 6.07) is 6.13. The molecule has 1 saturated heterocycles. The number of halogens is 1. The lowest BCUT2D eigenvalue weighted by Gasteiger charge is -2.40. The van der Waals surface area contributed by atoms with E-state index in [1.165, 1.54) is 5.56 Å². The van der Waals surface area contributed by atoms with E-state index in [4.69, 9.17) is 11.6 Å². The summed E-state index contributed by atoms with van der Waals surface area (Å²) in [5.41, 5.74) is 2.24. The predicted molar refractivity (Wildman–Crippen MR) is 63.9 cm³/mol. The van der Waals surface area contributed by atoms with Crippen LogP contribution in [0.5, 0.6) is 0 Å². The molecule has 16 heavy (non-hydrogen) atoms. The van der Waals surface area contributed by atoms with Crippen molar-refractivity contribution < 1.29 is 4.79 Å². The molecule has 0 aromatic heterocycles. The first kappa shape index (κ1) is 10.1. The lowest BCUT2D eigenvalue weighted by atomic mass is 9.94. The second kappa shape index (κ2) is 3.75. The number of carbonyl (C=O) groups is 1. The number of hydrogen-bond donors (Lipinski definition) is 1. The molecule has 1 amide bonds. The van der Waals surface area contributed by atoms with Crippen molar-refractivity contribution in [2.45, 2.75) is 18.9 Å². The van der Waals surface area contributed by atoms with Crippen LogP contribution in [0.3, 0.4) is 0 Å².